The molecule has 1 aliphatic heterocycles. The van der Waals surface area contributed by atoms with Crippen molar-refractivity contribution in [3.05, 3.63) is 96.4 Å². The Hall–Kier alpha value is -4.17. The third-order valence-corrected chi connectivity index (χ3v) is 6.97. The topological polar surface area (TPSA) is 65.9 Å². The number of nitrogens with zero attached hydrogens (tertiary/aromatic N) is 7. The number of hydrogen-bond donors (Lipinski definition) is 0. The molecule has 2 aromatic carbocycles. The average Bonchev–Trinajstić information content (AvgIpc) is 3.64. The maximum absolute atomic E-state index is 5.61. The molecule has 0 unspecified atom stereocenters. The van der Waals surface area contributed by atoms with E-state index in [1.54, 1.807) is 6.26 Å². The van der Waals surface area contributed by atoms with Crippen LogP contribution in [0.4, 0.5) is 11.6 Å². The van der Waals surface area contributed by atoms with E-state index in [9.17, 15) is 0 Å². The largest absolute Gasteiger partial charge is 0.461 e. The summed E-state index contributed by atoms with van der Waals surface area (Å²) in [6.07, 6.45) is 4.54. The van der Waals surface area contributed by atoms with Gasteiger partial charge >= 0.3 is 0 Å². The van der Waals surface area contributed by atoms with Crippen LogP contribution in [0.15, 0.2) is 89.7 Å². The molecule has 0 radical (unpaired) electrons. The first kappa shape index (κ1) is 23.2. The minimum atomic E-state index is 0.575. The lowest BCUT2D eigenvalue weighted by atomic mass is 10.1. The molecule has 0 N–H and O–H groups in total. The summed E-state index contributed by atoms with van der Waals surface area (Å²) in [5, 5.41) is 4.82. The van der Waals surface area contributed by atoms with Crippen LogP contribution in [-0.4, -0.2) is 64.3 Å². The quantitative estimate of drug-likeness (QED) is 0.318. The van der Waals surface area contributed by atoms with Crippen molar-refractivity contribution in [1.82, 2.24) is 24.5 Å². The molecule has 5 aromatic rings. The molecule has 4 heterocycles. The lowest BCUT2D eigenvalue weighted by Crippen LogP contribution is -2.46. The van der Waals surface area contributed by atoms with Gasteiger partial charge in [0.15, 0.2) is 11.4 Å². The number of fused-ring (bicyclic) bond motifs is 1. The van der Waals surface area contributed by atoms with Crippen LogP contribution in [0.25, 0.3) is 17.2 Å². The van der Waals surface area contributed by atoms with Gasteiger partial charge in [-0.1, -0.05) is 48.5 Å². The number of likely N-dealkylation sites (N-methyl/N-ethyl adjacent to an activating group) is 1. The summed E-state index contributed by atoms with van der Waals surface area (Å²) in [6.45, 7) is 5.57. The fourth-order valence-corrected chi connectivity index (χ4v) is 4.87. The van der Waals surface area contributed by atoms with Gasteiger partial charge in [0.25, 0.3) is 0 Å². The maximum atomic E-state index is 5.61. The highest BCUT2D eigenvalue weighted by molar-refractivity contribution is 5.58. The summed E-state index contributed by atoms with van der Waals surface area (Å²) in [5.74, 6) is 2.00. The van der Waals surface area contributed by atoms with Gasteiger partial charge in [-0.25, -0.2) is 9.97 Å². The van der Waals surface area contributed by atoms with Gasteiger partial charge in [0.2, 0.25) is 11.8 Å². The SMILES string of the molecule is CN(CCc1ccccc1)c1ncc(CN2CCN(c3ccccc3)CC2)c2nc(-c3ccco3)nn12. The molecule has 6 rings (SSSR count). The van der Waals surface area contributed by atoms with Gasteiger partial charge in [-0.05, 0) is 36.2 Å². The van der Waals surface area contributed by atoms with Crippen molar-refractivity contribution in [2.75, 3.05) is 49.6 Å². The van der Waals surface area contributed by atoms with E-state index in [2.05, 4.69) is 76.3 Å². The van der Waals surface area contributed by atoms with Crippen molar-refractivity contribution in [2.45, 2.75) is 13.0 Å². The second-order valence-electron chi connectivity index (χ2n) is 9.49. The Kier molecular flexibility index (Phi) is 6.56. The number of furan rings is 1. The Balaban J connectivity index is 1.23. The maximum Gasteiger partial charge on any atom is 0.228 e. The summed E-state index contributed by atoms with van der Waals surface area (Å²) in [7, 11) is 2.06. The molecule has 0 bridgehead atoms. The molecular formula is C29H31N7O. The van der Waals surface area contributed by atoms with Crippen molar-refractivity contribution >= 4 is 17.3 Å². The summed E-state index contributed by atoms with van der Waals surface area (Å²) in [5.41, 5.74) is 4.48. The first-order valence-electron chi connectivity index (χ1n) is 12.8. The van der Waals surface area contributed by atoms with Crippen molar-refractivity contribution in [2.24, 2.45) is 0 Å². The van der Waals surface area contributed by atoms with E-state index in [0.29, 0.717) is 11.6 Å². The number of para-hydroxylation sites is 1. The van der Waals surface area contributed by atoms with E-state index in [1.165, 1.54) is 11.3 Å². The molecule has 1 saturated heterocycles. The zero-order valence-electron chi connectivity index (χ0n) is 21.1. The molecule has 0 spiro atoms. The van der Waals surface area contributed by atoms with Gasteiger partial charge in [0.05, 0.1) is 6.26 Å². The number of rotatable bonds is 8. The molecule has 0 amide bonds. The molecule has 1 fully saturated rings. The fourth-order valence-electron chi connectivity index (χ4n) is 4.87. The smallest absolute Gasteiger partial charge is 0.228 e. The summed E-state index contributed by atoms with van der Waals surface area (Å²) in [4.78, 5) is 16.8. The van der Waals surface area contributed by atoms with Gasteiger partial charge in [0.1, 0.15) is 0 Å². The van der Waals surface area contributed by atoms with E-state index >= 15 is 0 Å². The Labute approximate surface area is 216 Å². The number of hydrogen-bond acceptors (Lipinski definition) is 7. The Morgan fingerprint density at radius 2 is 1.65 bits per heavy atom. The van der Waals surface area contributed by atoms with Gasteiger partial charge in [-0.15, -0.1) is 5.10 Å². The monoisotopic (exact) mass is 493 g/mol. The molecule has 3 aromatic heterocycles. The molecule has 37 heavy (non-hydrogen) atoms. The Bertz CT molecular complexity index is 1430. The molecule has 0 saturated carbocycles. The van der Waals surface area contributed by atoms with Gasteiger partial charge in [-0.3, -0.25) is 4.90 Å². The van der Waals surface area contributed by atoms with E-state index < -0.39 is 0 Å². The first-order chi connectivity index (χ1) is 18.2. The van der Waals surface area contributed by atoms with Gasteiger partial charge in [0, 0.05) is 63.8 Å². The van der Waals surface area contributed by atoms with E-state index in [-0.39, 0.29) is 0 Å². The molecule has 0 aliphatic carbocycles. The zero-order valence-corrected chi connectivity index (χ0v) is 21.1. The van der Waals surface area contributed by atoms with Crippen LogP contribution in [0, 0.1) is 0 Å². The summed E-state index contributed by atoms with van der Waals surface area (Å²) >= 11 is 0. The summed E-state index contributed by atoms with van der Waals surface area (Å²) < 4.78 is 7.48. The average molecular weight is 494 g/mol. The number of benzene rings is 2. The van der Waals surface area contributed by atoms with Crippen LogP contribution in [0.2, 0.25) is 0 Å². The van der Waals surface area contributed by atoms with Crippen LogP contribution in [0.5, 0.6) is 0 Å². The Morgan fingerprint density at radius 3 is 2.38 bits per heavy atom. The van der Waals surface area contributed by atoms with E-state index in [1.807, 2.05) is 28.9 Å². The normalized spacial score (nSPS) is 14.4. The highest BCUT2D eigenvalue weighted by atomic mass is 16.3. The highest BCUT2D eigenvalue weighted by Gasteiger charge is 2.22. The highest BCUT2D eigenvalue weighted by Crippen LogP contribution is 2.24. The second-order valence-corrected chi connectivity index (χ2v) is 9.49. The number of aromatic nitrogens is 4. The predicted octanol–water partition coefficient (Wildman–Crippen LogP) is 4.39. The third kappa shape index (κ3) is 5.06. The standard InChI is InChI=1S/C29H31N7O/c1-33(15-14-23-9-4-2-5-10-23)29-30-21-24(28-31-27(32-36(28)29)26-13-8-20-37-26)22-34-16-18-35(19-17-34)25-11-6-3-7-12-25/h2-13,20-21H,14-19,22H2,1H3. The van der Waals surface area contributed by atoms with Crippen LogP contribution in [0.3, 0.4) is 0 Å². The van der Waals surface area contributed by atoms with E-state index in [0.717, 1.165) is 62.8 Å². The van der Waals surface area contributed by atoms with Crippen LogP contribution >= 0.6 is 0 Å². The van der Waals surface area contributed by atoms with Crippen molar-refractivity contribution in [3.8, 4) is 11.6 Å². The molecule has 188 valence electrons. The Morgan fingerprint density at radius 1 is 0.892 bits per heavy atom. The van der Waals surface area contributed by atoms with E-state index in [4.69, 9.17) is 19.5 Å². The lowest BCUT2D eigenvalue weighted by molar-refractivity contribution is 0.250. The minimum absolute atomic E-state index is 0.575. The predicted molar refractivity (Wildman–Crippen MR) is 146 cm³/mol. The summed E-state index contributed by atoms with van der Waals surface area (Å²) in [6, 6.07) is 24.9. The van der Waals surface area contributed by atoms with Crippen LogP contribution in [-0.2, 0) is 13.0 Å². The van der Waals surface area contributed by atoms with Gasteiger partial charge in [-0.2, -0.15) is 4.52 Å². The van der Waals surface area contributed by atoms with Crippen molar-refractivity contribution in [1.29, 1.82) is 0 Å². The van der Waals surface area contributed by atoms with Crippen molar-refractivity contribution < 1.29 is 4.42 Å². The first-order valence-corrected chi connectivity index (χ1v) is 12.8. The van der Waals surface area contributed by atoms with Crippen LogP contribution < -0.4 is 9.80 Å². The zero-order chi connectivity index (χ0) is 25.0. The minimum Gasteiger partial charge on any atom is -0.461 e. The van der Waals surface area contributed by atoms with Gasteiger partial charge < -0.3 is 14.2 Å². The lowest BCUT2D eigenvalue weighted by Gasteiger charge is -2.36. The molecule has 0 atom stereocenters. The molecule has 1 aliphatic rings. The molecular weight excluding hydrogens is 462 g/mol. The molecule has 8 nitrogen and oxygen atoms in total. The second kappa shape index (κ2) is 10.4. The molecule has 8 heteroatoms. The van der Waals surface area contributed by atoms with Crippen molar-refractivity contribution in [3.63, 3.8) is 0 Å². The number of piperazine rings is 1. The third-order valence-electron chi connectivity index (χ3n) is 6.97. The fraction of sp³-hybridized carbons (Fsp3) is 0.276. The van der Waals surface area contributed by atoms with Crippen LogP contribution in [0.1, 0.15) is 11.1 Å². The number of anilines is 2.